The highest BCUT2D eigenvalue weighted by Gasteiger charge is 2.22. The van der Waals surface area contributed by atoms with Crippen LogP contribution in [-0.2, 0) is 6.54 Å². The topological polar surface area (TPSA) is 36.4 Å². The number of hydrogen-bond acceptors (Lipinski definition) is 3. The summed E-state index contributed by atoms with van der Waals surface area (Å²) in [4.78, 5) is 20.4. The Hall–Kier alpha value is -1.98. The SMILES string of the molecule is O=C(c1ccncc1)N1CCN(Cc2ccc(F)c(Cl)c2)CC1. The first-order valence-electron chi connectivity index (χ1n) is 7.49. The van der Waals surface area contributed by atoms with Crippen LogP contribution in [0.4, 0.5) is 4.39 Å². The lowest BCUT2D eigenvalue weighted by molar-refractivity contribution is 0.0628. The van der Waals surface area contributed by atoms with Gasteiger partial charge in [-0.2, -0.15) is 0 Å². The molecule has 0 spiro atoms. The summed E-state index contributed by atoms with van der Waals surface area (Å²) in [5.74, 6) is -0.361. The second-order valence-corrected chi connectivity index (χ2v) is 5.96. The van der Waals surface area contributed by atoms with Crippen molar-refractivity contribution in [3.05, 3.63) is 64.7 Å². The van der Waals surface area contributed by atoms with Crippen LogP contribution < -0.4 is 0 Å². The highest BCUT2D eigenvalue weighted by Crippen LogP contribution is 2.18. The van der Waals surface area contributed by atoms with Gasteiger partial charge in [-0.3, -0.25) is 14.7 Å². The Balaban J connectivity index is 1.56. The van der Waals surface area contributed by atoms with E-state index in [0.29, 0.717) is 25.2 Å². The molecule has 1 aliphatic rings. The molecule has 1 saturated heterocycles. The van der Waals surface area contributed by atoms with Crippen molar-refractivity contribution in [2.24, 2.45) is 0 Å². The number of halogens is 2. The first kappa shape index (κ1) is 15.9. The second-order valence-electron chi connectivity index (χ2n) is 5.55. The lowest BCUT2D eigenvalue weighted by atomic mass is 10.1. The lowest BCUT2D eigenvalue weighted by Gasteiger charge is -2.34. The monoisotopic (exact) mass is 333 g/mol. The van der Waals surface area contributed by atoms with Crippen molar-refractivity contribution in [3.63, 3.8) is 0 Å². The Labute approximate surface area is 139 Å². The van der Waals surface area contributed by atoms with Gasteiger partial charge in [-0.05, 0) is 29.8 Å². The molecule has 23 heavy (non-hydrogen) atoms. The largest absolute Gasteiger partial charge is 0.336 e. The zero-order valence-electron chi connectivity index (χ0n) is 12.6. The molecule has 1 aromatic carbocycles. The summed E-state index contributed by atoms with van der Waals surface area (Å²) in [7, 11) is 0. The average Bonchev–Trinajstić information content (AvgIpc) is 2.59. The number of aromatic nitrogens is 1. The predicted octanol–water partition coefficient (Wildman–Crippen LogP) is 2.83. The molecule has 1 aromatic heterocycles. The van der Waals surface area contributed by atoms with Gasteiger partial charge in [-0.1, -0.05) is 17.7 Å². The minimum Gasteiger partial charge on any atom is -0.336 e. The van der Waals surface area contributed by atoms with Crippen LogP contribution in [0, 0.1) is 5.82 Å². The second kappa shape index (κ2) is 7.06. The van der Waals surface area contributed by atoms with E-state index in [2.05, 4.69) is 9.88 Å². The maximum absolute atomic E-state index is 13.2. The maximum Gasteiger partial charge on any atom is 0.254 e. The molecule has 6 heteroatoms. The normalized spacial score (nSPS) is 15.7. The van der Waals surface area contributed by atoms with E-state index in [4.69, 9.17) is 11.6 Å². The number of benzene rings is 1. The van der Waals surface area contributed by atoms with Gasteiger partial charge in [0, 0.05) is 50.7 Å². The Morgan fingerprint density at radius 3 is 2.48 bits per heavy atom. The fraction of sp³-hybridized carbons (Fsp3) is 0.294. The van der Waals surface area contributed by atoms with E-state index in [-0.39, 0.29) is 10.9 Å². The first-order valence-corrected chi connectivity index (χ1v) is 7.87. The first-order chi connectivity index (χ1) is 11.1. The maximum atomic E-state index is 13.2. The summed E-state index contributed by atoms with van der Waals surface area (Å²) in [5.41, 5.74) is 1.64. The summed E-state index contributed by atoms with van der Waals surface area (Å²) in [6, 6.07) is 8.26. The van der Waals surface area contributed by atoms with Gasteiger partial charge in [0.05, 0.1) is 5.02 Å². The van der Waals surface area contributed by atoms with Gasteiger partial charge >= 0.3 is 0 Å². The van der Waals surface area contributed by atoms with Crippen molar-refractivity contribution in [3.8, 4) is 0 Å². The molecule has 0 atom stereocenters. The van der Waals surface area contributed by atoms with Gasteiger partial charge in [0.1, 0.15) is 5.82 Å². The number of rotatable bonds is 3. The molecule has 0 bridgehead atoms. The van der Waals surface area contributed by atoms with Crippen molar-refractivity contribution in [2.75, 3.05) is 26.2 Å². The number of nitrogens with zero attached hydrogens (tertiary/aromatic N) is 3. The molecule has 1 fully saturated rings. The molecule has 0 radical (unpaired) electrons. The summed E-state index contributed by atoms with van der Waals surface area (Å²) in [5, 5.41) is 0.147. The van der Waals surface area contributed by atoms with Crippen molar-refractivity contribution < 1.29 is 9.18 Å². The molecular weight excluding hydrogens is 317 g/mol. The molecule has 4 nitrogen and oxygen atoms in total. The van der Waals surface area contributed by atoms with E-state index in [9.17, 15) is 9.18 Å². The number of carbonyl (C=O) groups excluding carboxylic acids is 1. The zero-order chi connectivity index (χ0) is 16.2. The Morgan fingerprint density at radius 1 is 1.13 bits per heavy atom. The van der Waals surface area contributed by atoms with Gasteiger partial charge in [0.25, 0.3) is 5.91 Å². The number of pyridine rings is 1. The summed E-state index contributed by atoms with van der Waals surface area (Å²) in [6.45, 7) is 3.63. The molecule has 2 heterocycles. The highest BCUT2D eigenvalue weighted by atomic mass is 35.5. The van der Waals surface area contributed by atoms with Gasteiger partial charge in [-0.25, -0.2) is 4.39 Å². The molecule has 3 rings (SSSR count). The smallest absolute Gasteiger partial charge is 0.254 e. The molecule has 1 aliphatic heterocycles. The molecule has 1 amide bonds. The molecule has 0 saturated carbocycles. The summed E-state index contributed by atoms with van der Waals surface area (Å²) in [6.07, 6.45) is 3.25. The van der Waals surface area contributed by atoms with Crippen molar-refractivity contribution in [2.45, 2.75) is 6.54 Å². The number of hydrogen-bond donors (Lipinski definition) is 0. The van der Waals surface area contributed by atoms with E-state index < -0.39 is 5.82 Å². The van der Waals surface area contributed by atoms with Crippen LogP contribution in [-0.4, -0.2) is 46.9 Å². The van der Waals surface area contributed by atoms with Gasteiger partial charge in [-0.15, -0.1) is 0 Å². The zero-order valence-corrected chi connectivity index (χ0v) is 13.3. The summed E-state index contributed by atoms with van der Waals surface area (Å²) >= 11 is 5.81. The van der Waals surface area contributed by atoms with Crippen LogP contribution in [0.5, 0.6) is 0 Å². The fourth-order valence-electron chi connectivity index (χ4n) is 2.68. The molecule has 0 N–H and O–H groups in total. The third-order valence-corrected chi connectivity index (χ3v) is 4.27. The standard InChI is InChI=1S/C17H17ClFN3O/c18-15-11-13(1-2-16(15)19)12-21-7-9-22(10-8-21)17(23)14-3-5-20-6-4-14/h1-6,11H,7-10,12H2. The highest BCUT2D eigenvalue weighted by molar-refractivity contribution is 6.30. The Kier molecular flexibility index (Phi) is 4.88. The van der Waals surface area contributed by atoms with Gasteiger partial charge in [0.2, 0.25) is 0 Å². The third-order valence-electron chi connectivity index (χ3n) is 3.98. The van der Waals surface area contributed by atoms with Crippen molar-refractivity contribution in [1.29, 1.82) is 0 Å². The van der Waals surface area contributed by atoms with Crippen molar-refractivity contribution in [1.82, 2.24) is 14.8 Å². The van der Waals surface area contributed by atoms with Crippen LogP contribution in [0.15, 0.2) is 42.7 Å². The van der Waals surface area contributed by atoms with Crippen LogP contribution in [0.2, 0.25) is 5.02 Å². The molecule has 0 unspecified atom stereocenters. The van der Waals surface area contributed by atoms with E-state index in [1.807, 2.05) is 4.90 Å². The molecule has 0 aliphatic carbocycles. The minimum atomic E-state index is -0.400. The van der Waals surface area contributed by atoms with E-state index in [1.54, 1.807) is 36.7 Å². The number of amides is 1. The fourth-order valence-corrected chi connectivity index (χ4v) is 2.89. The minimum absolute atomic E-state index is 0.0388. The van der Waals surface area contributed by atoms with E-state index >= 15 is 0 Å². The van der Waals surface area contributed by atoms with Crippen LogP contribution >= 0.6 is 11.6 Å². The predicted molar refractivity (Wildman–Crippen MR) is 86.8 cm³/mol. The van der Waals surface area contributed by atoms with E-state index in [1.165, 1.54) is 6.07 Å². The lowest BCUT2D eigenvalue weighted by Crippen LogP contribution is -2.48. The van der Waals surface area contributed by atoms with E-state index in [0.717, 1.165) is 18.7 Å². The summed E-state index contributed by atoms with van der Waals surface area (Å²) < 4.78 is 13.2. The Bertz CT molecular complexity index is 687. The van der Waals surface area contributed by atoms with Crippen LogP contribution in [0.25, 0.3) is 0 Å². The molecule has 120 valence electrons. The van der Waals surface area contributed by atoms with Crippen LogP contribution in [0.1, 0.15) is 15.9 Å². The quantitative estimate of drug-likeness (QED) is 0.866. The number of carbonyl (C=O) groups is 1. The van der Waals surface area contributed by atoms with Crippen molar-refractivity contribution >= 4 is 17.5 Å². The van der Waals surface area contributed by atoms with Gasteiger partial charge < -0.3 is 4.90 Å². The molecule has 2 aromatic rings. The van der Waals surface area contributed by atoms with Gasteiger partial charge in [0.15, 0.2) is 0 Å². The third kappa shape index (κ3) is 3.86. The average molecular weight is 334 g/mol. The Morgan fingerprint density at radius 2 is 1.83 bits per heavy atom. The van der Waals surface area contributed by atoms with Crippen LogP contribution in [0.3, 0.4) is 0 Å². The number of piperazine rings is 1. The molecular formula is C17H17ClFN3O.